The van der Waals surface area contributed by atoms with E-state index in [9.17, 15) is 0 Å². The summed E-state index contributed by atoms with van der Waals surface area (Å²) in [5, 5.41) is 2.59. The summed E-state index contributed by atoms with van der Waals surface area (Å²) in [5.74, 6) is 1.20. The van der Waals surface area contributed by atoms with Crippen LogP contribution in [0.5, 0.6) is 0 Å². The van der Waals surface area contributed by atoms with Gasteiger partial charge in [-0.25, -0.2) is 0 Å². The van der Waals surface area contributed by atoms with E-state index in [0.717, 1.165) is 23.9 Å². The maximum atomic E-state index is 5.66. The summed E-state index contributed by atoms with van der Waals surface area (Å²) in [7, 11) is 0. The Balaban J connectivity index is 3.42. The second-order valence-electron chi connectivity index (χ2n) is 4.81. The van der Waals surface area contributed by atoms with E-state index >= 15 is 0 Å². The van der Waals surface area contributed by atoms with Crippen molar-refractivity contribution < 1.29 is 9.47 Å². The molecule has 0 aromatic heterocycles. The van der Waals surface area contributed by atoms with Crippen molar-refractivity contribution in [1.29, 1.82) is 0 Å². The summed E-state index contributed by atoms with van der Waals surface area (Å²) >= 11 is 7.66. The molecule has 2 unspecified atom stereocenters. The molecule has 0 radical (unpaired) electrons. The van der Waals surface area contributed by atoms with E-state index in [1.165, 1.54) is 0 Å². The Morgan fingerprint density at radius 1 is 0.824 bits per heavy atom. The van der Waals surface area contributed by atoms with E-state index in [0.29, 0.717) is 26.8 Å². The van der Waals surface area contributed by atoms with Crippen LogP contribution in [-0.4, -0.2) is 38.2 Å². The summed E-state index contributed by atoms with van der Waals surface area (Å²) in [6.07, 6.45) is 0. The van der Waals surface area contributed by atoms with Crippen molar-refractivity contribution in [2.75, 3.05) is 13.2 Å². The van der Waals surface area contributed by atoms with Crippen molar-refractivity contribution in [3.8, 4) is 0 Å². The van der Waals surface area contributed by atoms with Crippen molar-refractivity contribution >= 4 is 46.8 Å². The van der Waals surface area contributed by atoms with Crippen LogP contribution in [-0.2, 0) is 9.47 Å². The van der Waals surface area contributed by atoms with Crippen LogP contribution in [0, 0.1) is 11.8 Å². The van der Waals surface area contributed by atoms with Gasteiger partial charge in [0.1, 0.15) is 0 Å². The van der Waals surface area contributed by atoms with Gasteiger partial charge < -0.3 is 0 Å². The Bertz CT molecular complexity index is 162. The monoisotopic (exact) mass is 438 g/mol. The number of hydrogen-bond acceptors (Lipinski definition) is 2. The maximum absolute atomic E-state index is 5.66. The molecule has 0 aliphatic heterocycles. The van der Waals surface area contributed by atoms with Gasteiger partial charge in [0.15, 0.2) is 0 Å². The Labute approximate surface area is 129 Å². The van der Waals surface area contributed by atoms with E-state index < -0.39 is 0 Å². The van der Waals surface area contributed by atoms with Crippen molar-refractivity contribution in [3.05, 3.63) is 0 Å². The topological polar surface area (TPSA) is 18.5 Å². The third kappa shape index (κ3) is 13.6. The van der Waals surface area contributed by atoms with Crippen molar-refractivity contribution in [2.24, 2.45) is 11.8 Å². The summed E-state index contributed by atoms with van der Waals surface area (Å²) < 4.78 is 11.3. The summed E-state index contributed by atoms with van der Waals surface area (Å²) in [6, 6.07) is 0. The van der Waals surface area contributed by atoms with Crippen LogP contribution < -0.4 is 0 Å². The van der Waals surface area contributed by atoms with Crippen LogP contribution in [0.2, 0.25) is 10.6 Å². The molecule has 5 heteroatoms. The first-order chi connectivity index (χ1) is 7.91. The number of rotatable bonds is 10. The van der Waals surface area contributed by atoms with Crippen LogP contribution in [0.3, 0.4) is 0 Å². The van der Waals surface area contributed by atoms with Gasteiger partial charge in [-0.1, -0.05) is 0 Å². The fraction of sp³-hybridized carbons (Fsp3) is 1.00. The van der Waals surface area contributed by atoms with Gasteiger partial charge >= 0.3 is 130 Å². The number of ether oxygens (including phenoxy) is 2. The number of halogens is 2. The van der Waals surface area contributed by atoms with Gasteiger partial charge in [0.05, 0.1) is 0 Å². The average molecular weight is 439 g/mol. The molecule has 0 aromatic carbocycles. The van der Waals surface area contributed by atoms with Gasteiger partial charge in [-0.15, -0.1) is 0 Å². The van der Waals surface area contributed by atoms with Gasteiger partial charge in [0.2, 0.25) is 0 Å². The number of alkyl halides is 2. The molecule has 2 atom stereocenters. The third-order valence-corrected chi connectivity index (χ3v) is 7.08. The Morgan fingerprint density at radius 2 is 1.18 bits per heavy atom. The summed E-state index contributed by atoms with van der Waals surface area (Å²) in [5.41, 5.74) is 0. The average Bonchev–Trinajstić information content (AvgIpc) is 2.23. The van der Waals surface area contributed by atoms with Crippen LogP contribution in [0.4, 0.5) is 0 Å². The Morgan fingerprint density at radius 3 is 1.47 bits per heavy atom. The molecule has 2 nitrogen and oxygen atoms in total. The van der Waals surface area contributed by atoms with E-state index in [2.05, 4.69) is 59.6 Å². The van der Waals surface area contributed by atoms with Crippen LogP contribution >= 0.6 is 31.9 Å². The standard InChI is InChI=1S/C12H24Br2O2Se/c1-9(2)5-15-11(13)7-17-8-12(14)16-6-10(3)4/h9-12H,5-8H2,1-4H3. The molecule has 0 heterocycles. The predicted molar refractivity (Wildman–Crippen MR) is 82.4 cm³/mol. The molecule has 0 aliphatic carbocycles. The van der Waals surface area contributed by atoms with Gasteiger partial charge in [0.25, 0.3) is 0 Å². The number of hydrogen-bond donors (Lipinski definition) is 0. The summed E-state index contributed by atoms with van der Waals surface area (Å²) in [4.78, 5) is 0. The minimum absolute atomic E-state index is 0.203. The van der Waals surface area contributed by atoms with Gasteiger partial charge in [-0.3, -0.25) is 0 Å². The Hall–Kier alpha value is 1.40. The first-order valence-corrected chi connectivity index (χ1v) is 10.3. The molecule has 0 N–H and O–H groups in total. The van der Waals surface area contributed by atoms with E-state index in [1.807, 2.05) is 0 Å². The molecule has 0 spiro atoms. The van der Waals surface area contributed by atoms with E-state index in [-0.39, 0.29) is 10.0 Å². The van der Waals surface area contributed by atoms with Gasteiger partial charge in [-0.2, -0.15) is 0 Å². The minimum atomic E-state index is 0.203. The normalized spacial score (nSPS) is 15.5. The van der Waals surface area contributed by atoms with Crippen LogP contribution in [0.25, 0.3) is 0 Å². The molecule has 0 bridgehead atoms. The molecule has 0 fully saturated rings. The SMILES string of the molecule is CC(C)COC(Br)C[Se]CC(Br)OCC(C)C. The molecule has 0 amide bonds. The molecule has 0 saturated carbocycles. The molecule has 104 valence electrons. The Kier molecular flexibility index (Phi) is 12.2. The molecular formula is C12H24Br2O2Se. The van der Waals surface area contributed by atoms with Crippen molar-refractivity contribution in [1.82, 2.24) is 0 Å². The molecule has 17 heavy (non-hydrogen) atoms. The second kappa shape index (κ2) is 11.2. The predicted octanol–water partition coefficient (Wildman–Crippen LogP) is 4.31. The zero-order valence-corrected chi connectivity index (χ0v) is 16.0. The van der Waals surface area contributed by atoms with Crippen molar-refractivity contribution in [3.63, 3.8) is 0 Å². The van der Waals surface area contributed by atoms with Crippen LogP contribution in [0.1, 0.15) is 27.7 Å². The first-order valence-electron chi connectivity index (χ1n) is 6.00. The second-order valence-corrected chi connectivity index (χ2v) is 9.11. The molecular weight excluding hydrogens is 415 g/mol. The van der Waals surface area contributed by atoms with E-state index in [1.54, 1.807) is 0 Å². The fourth-order valence-electron chi connectivity index (χ4n) is 0.943. The zero-order valence-electron chi connectivity index (χ0n) is 11.1. The fourth-order valence-corrected chi connectivity index (χ4v) is 4.66. The van der Waals surface area contributed by atoms with Crippen molar-refractivity contribution in [2.45, 2.75) is 48.4 Å². The summed E-state index contributed by atoms with van der Waals surface area (Å²) in [6.45, 7) is 10.3. The van der Waals surface area contributed by atoms with Gasteiger partial charge in [0, 0.05) is 0 Å². The molecule has 0 aromatic rings. The first kappa shape index (κ1) is 18.4. The van der Waals surface area contributed by atoms with Gasteiger partial charge in [-0.05, 0) is 0 Å². The zero-order chi connectivity index (χ0) is 13.3. The molecule has 0 aliphatic rings. The molecule has 0 saturated heterocycles. The van der Waals surface area contributed by atoms with Crippen LogP contribution in [0.15, 0.2) is 0 Å². The quantitative estimate of drug-likeness (QED) is 0.373. The third-order valence-electron chi connectivity index (χ3n) is 1.72. The molecule has 0 rings (SSSR count). The van der Waals surface area contributed by atoms with E-state index in [4.69, 9.17) is 9.47 Å².